The van der Waals surface area contributed by atoms with Crippen LogP contribution in [0.2, 0.25) is 0 Å². The van der Waals surface area contributed by atoms with Crippen LogP contribution in [0.5, 0.6) is 0 Å². The van der Waals surface area contributed by atoms with Gasteiger partial charge in [-0.2, -0.15) is 4.98 Å². The first-order valence-electron chi connectivity index (χ1n) is 10.8. The van der Waals surface area contributed by atoms with Crippen LogP contribution in [0.3, 0.4) is 0 Å². The molecule has 0 spiro atoms. The molecule has 6 nitrogen and oxygen atoms in total. The van der Waals surface area contributed by atoms with E-state index in [9.17, 15) is 4.79 Å². The van der Waals surface area contributed by atoms with Crippen LogP contribution in [0, 0.1) is 0 Å². The van der Waals surface area contributed by atoms with Crippen LogP contribution in [0.4, 0.5) is 0 Å². The van der Waals surface area contributed by atoms with Crippen molar-refractivity contribution in [2.75, 3.05) is 0 Å². The zero-order valence-corrected chi connectivity index (χ0v) is 17.6. The summed E-state index contributed by atoms with van der Waals surface area (Å²) >= 11 is 0. The molecule has 0 fully saturated rings. The Morgan fingerprint density at radius 3 is 2.66 bits per heavy atom. The molecule has 2 heterocycles. The summed E-state index contributed by atoms with van der Waals surface area (Å²) in [4.78, 5) is 15.4. The first kappa shape index (κ1) is 20.0. The molecule has 0 aliphatic heterocycles. The third kappa shape index (κ3) is 4.12. The topological polar surface area (TPSA) is 81.1 Å². The average Bonchev–Trinajstić information content (AvgIpc) is 3.41. The van der Waals surface area contributed by atoms with E-state index in [2.05, 4.69) is 51.1 Å². The van der Waals surface area contributed by atoms with E-state index in [4.69, 9.17) is 9.63 Å². The highest BCUT2D eigenvalue weighted by Gasteiger charge is 2.16. The van der Waals surface area contributed by atoms with Crippen molar-refractivity contribution in [1.29, 1.82) is 0 Å². The van der Waals surface area contributed by atoms with Gasteiger partial charge in [0.2, 0.25) is 0 Å². The van der Waals surface area contributed by atoms with Crippen LogP contribution in [0.1, 0.15) is 30.7 Å². The lowest BCUT2D eigenvalue weighted by atomic mass is 10.1. The van der Waals surface area contributed by atoms with Crippen molar-refractivity contribution in [3.8, 4) is 11.5 Å². The van der Waals surface area contributed by atoms with Crippen molar-refractivity contribution < 1.29 is 14.4 Å². The number of carboxylic acid groups (broad SMARTS) is 1. The summed E-state index contributed by atoms with van der Waals surface area (Å²) in [5.41, 5.74) is 3.11. The van der Waals surface area contributed by atoms with Gasteiger partial charge >= 0.3 is 5.97 Å². The lowest BCUT2D eigenvalue weighted by Gasteiger charge is -2.04. The van der Waals surface area contributed by atoms with E-state index in [1.807, 2.05) is 36.5 Å². The quantitative estimate of drug-likeness (QED) is 0.323. The minimum atomic E-state index is -0.757. The van der Waals surface area contributed by atoms with Crippen LogP contribution >= 0.6 is 0 Å². The van der Waals surface area contributed by atoms with E-state index < -0.39 is 5.97 Å². The lowest BCUT2D eigenvalue weighted by Crippen LogP contribution is -1.99. The Balaban J connectivity index is 1.39. The Morgan fingerprint density at radius 1 is 0.969 bits per heavy atom. The van der Waals surface area contributed by atoms with E-state index in [0.717, 1.165) is 35.0 Å². The van der Waals surface area contributed by atoms with Crippen LogP contribution < -0.4 is 0 Å². The Hall–Kier alpha value is -3.93. The summed E-state index contributed by atoms with van der Waals surface area (Å²) < 4.78 is 7.78. The van der Waals surface area contributed by atoms with Gasteiger partial charge in [0, 0.05) is 36.5 Å². The molecule has 0 aliphatic rings. The summed E-state index contributed by atoms with van der Waals surface area (Å²) in [5, 5.41) is 16.5. The maximum Gasteiger partial charge on any atom is 0.303 e. The molecule has 0 saturated carbocycles. The Bertz CT molecular complexity index is 1400. The molecule has 1 N–H and O–H groups in total. The van der Waals surface area contributed by atoms with Crippen LogP contribution in [-0.2, 0) is 17.8 Å². The molecule has 32 heavy (non-hydrogen) atoms. The highest BCUT2D eigenvalue weighted by atomic mass is 16.5. The number of unbranched alkanes of at least 4 members (excludes halogenated alkanes) is 1. The molecule has 2 aromatic heterocycles. The normalized spacial score (nSPS) is 11.4. The molecule has 0 radical (unpaired) electrons. The fourth-order valence-corrected chi connectivity index (χ4v) is 4.13. The number of aromatic nitrogens is 3. The number of aryl methyl sites for hydroxylation is 1. The predicted molar refractivity (Wildman–Crippen MR) is 123 cm³/mol. The Kier molecular flexibility index (Phi) is 5.42. The van der Waals surface area contributed by atoms with Gasteiger partial charge < -0.3 is 14.2 Å². The predicted octanol–water partition coefficient (Wildman–Crippen LogP) is 5.69. The average molecular weight is 425 g/mol. The maximum absolute atomic E-state index is 10.8. The smallest absolute Gasteiger partial charge is 0.303 e. The minimum Gasteiger partial charge on any atom is -0.481 e. The molecule has 6 heteroatoms. The second-order valence-corrected chi connectivity index (χ2v) is 7.98. The molecule has 0 unspecified atom stereocenters. The van der Waals surface area contributed by atoms with E-state index in [1.165, 1.54) is 10.8 Å². The van der Waals surface area contributed by atoms with Gasteiger partial charge in [0.05, 0.1) is 5.56 Å². The van der Waals surface area contributed by atoms with Crippen molar-refractivity contribution in [3.63, 3.8) is 0 Å². The summed E-state index contributed by atoms with van der Waals surface area (Å²) in [6, 6.07) is 22.8. The van der Waals surface area contributed by atoms with E-state index in [1.54, 1.807) is 0 Å². The first-order chi connectivity index (χ1) is 15.7. The standard InChI is InChI=1S/C26H23N3O3/c30-25(31)11-5-6-14-29-17-22(21-9-3-4-10-23(21)29)26-27-24(28-32-26)16-18-12-13-19-7-1-2-8-20(19)15-18/h1-4,7-10,12-13,15,17H,5-6,11,14,16H2,(H,30,31). The zero-order chi connectivity index (χ0) is 21.9. The summed E-state index contributed by atoms with van der Waals surface area (Å²) in [5.74, 6) is 0.391. The highest BCUT2D eigenvalue weighted by molar-refractivity contribution is 5.94. The van der Waals surface area contributed by atoms with E-state index >= 15 is 0 Å². The van der Waals surface area contributed by atoms with Crippen LogP contribution in [0.25, 0.3) is 33.1 Å². The molecular formula is C26H23N3O3. The fraction of sp³-hybridized carbons (Fsp3) is 0.192. The van der Waals surface area contributed by atoms with Gasteiger partial charge in [-0.1, -0.05) is 65.8 Å². The van der Waals surface area contributed by atoms with Crippen LogP contribution in [0.15, 0.2) is 77.4 Å². The molecular weight excluding hydrogens is 402 g/mol. The number of hydrogen-bond donors (Lipinski definition) is 1. The van der Waals surface area contributed by atoms with Crippen LogP contribution in [-0.4, -0.2) is 25.8 Å². The number of carbonyl (C=O) groups is 1. The van der Waals surface area contributed by atoms with Gasteiger partial charge in [0.1, 0.15) is 0 Å². The zero-order valence-electron chi connectivity index (χ0n) is 17.6. The molecule has 5 rings (SSSR count). The van der Waals surface area contributed by atoms with E-state index in [0.29, 0.717) is 24.6 Å². The second kappa shape index (κ2) is 8.67. The fourth-order valence-electron chi connectivity index (χ4n) is 4.13. The van der Waals surface area contributed by atoms with Gasteiger partial charge in [-0.25, -0.2) is 0 Å². The van der Waals surface area contributed by atoms with Crippen molar-refractivity contribution in [2.45, 2.75) is 32.2 Å². The minimum absolute atomic E-state index is 0.188. The maximum atomic E-state index is 10.8. The molecule has 0 atom stereocenters. The molecule has 0 saturated heterocycles. The third-order valence-corrected chi connectivity index (χ3v) is 5.70. The van der Waals surface area contributed by atoms with Crippen molar-refractivity contribution in [1.82, 2.24) is 14.7 Å². The van der Waals surface area contributed by atoms with Gasteiger partial charge in [-0.3, -0.25) is 4.79 Å². The number of para-hydroxylation sites is 1. The number of benzene rings is 3. The van der Waals surface area contributed by atoms with Gasteiger partial charge in [-0.05, 0) is 35.2 Å². The largest absolute Gasteiger partial charge is 0.481 e. The summed E-state index contributed by atoms with van der Waals surface area (Å²) in [6.07, 6.45) is 4.25. The van der Waals surface area contributed by atoms with Gasteiger partial charge in [-0.15, -0.1) is 0 Å². The molecule has 0 amide bonds. The second-order valence-electron chi connectivity index (χ2n) is 7.98. The monoisotopic (exact) mass is 425 g/mol. The SMILES string of the molecule is O=C(O)CCCCn1cc(-c2nc(Cc3ccc4ccccc4c3)no2)c2ccccc21. The van der Waals surface area contributed by atoms with Gasteiger partial charge in [0.25, 0.3) is 5.89 Å². The highest BCUT2D eigenvalue weighted by Crippen LogP contribution is 2.30. The molecule has 0 bridgehead atoms. The summed E-state index contributed by atoms with van der Waals surface area (Å²) in [6.45, 7) is 0.742. The number of aliphatic carboxylic acids is 1. The first-order valence-corrected chi connectivity index (χ1v) is 10.8. The van der Waals surface area contributed by atoms with Crippen molar-refractivity contribution in [2.24, 2.45) is 0 Å². The molecule has 0 aliphatic carbocycles. The number of nitrogens with zero attached hydrogens (tertiary/aromatic N) is 3. The molecule has 3 aromatic carbocycles. The number of hydrogen-bond acceptors (Lipinski definition) is 4. The number of rotatable bonds is 8. The number of carboxylic acids is 1. The lowest BCUT2D eigenvalue weighted by molar-refractivity contribution is -0.137. The summed E-state index contributed by atoms with van der Waals surface area (Å²) in [7, 11) is 0. The van der Waals surface area contributed by atoms with Gasteiger partial charge in [0.15, 0.2) is 5.82 Å². The molecule has 160 valence electrons. The Labute approximate surface area is 185 Å². The van der Waals surface area contributed by atoms with Crippen molar-refractivity contribution in [3.05, 3.63) is 84.3 Å². The van der Waals surface area contributed by atoms with E-state index in [-0.39, 0.29) is 6.42 Å². The molecule has 5 aromatic rings. The Morgan fingerprint density at radius 2 is 1.78 bits per heavy atom. The van der Waals surface area contributed by atoms with Crippen molar-refractivity contribution >= 4 is 27.6 Å². The third-order valence-electron chi connectivity index (χ3n) is 5.70. The number of fused-ring (bicyclic) bond motifs is 2.